The first-order valence-corrected chi connectivity index (χ1v) is 4.89. The summed E-state index contributed by atoms with van der Waals surface area (Å²) in [5, 5.41) is 0. The maximum absolute atomic E-state index is 5.62. The first kappa shape index (κ1) is 11.0. The minimum Gasteiger partial charge on any atom is -0.127 e. The quantitative estimate of drug-likeness (QED) is 0.437. The van der Waals surface area contributed by atoms with Crippen molar-refractivity contribution in [1.82, 2.24) is 0 Å². The predicted molar refractivity (Wildman–Crippen MR) is 53.2 cm³/mol. The molecule has 0 radical (unpaired) electrons. The summed E-state index contributed by atoms with van der Waals surface area (Å²) in [6.45, 7) is 6.56. The SMILES string of the molecule is CC(C)=CCCC(C)CCCl. The molecular weight excluding hydrogens is 156 g/mol. The zero-order valence-corrected chi connectivity index (χ0v) is 8.62. The maximum atomic E-state index is 5.62. The first-order chi connectivity index (χ1) is 5.16. The molecule has 0 nitrogen and oxygen atoms in total. The largest absolute Gasteiger partial charge is 0.127 e. The van der Waals surface area contributed by atoms with Gasteiger partial charge in [0.25, 0.3) is 0 Å². The van der Waals surface area contributed by atoms with Crippen molar-refractivity contribution in [3.05, 3.63) is 11.6 Å². The Bertz CT molecular complexity index is 112. The van der Waals surface area contributed by atoms with E-state index in [0.717, 1.165) is 18.2 Å². The van der Waals surface area contributed by atoms with Crippen LogP contribution in [-0.2, 0) is 0 Å². The number of halogens is 1. The number of alkyl halides is 1. The molecule has 0 aliphatic carbocycles. The molecule has 0 spiro atoms. The van der Waals surface area contributed by atoms with E-state index in [4.69, 9.17) is 11.6 Å². The Morgan fingerprint density at radius 1 is 1.36 bits per heavy atom. The molecule has 0 aromatic rings. The van der Waals surface area contributed by atoms with Crippen LogP contribution in [0.5, 0.6) is 0 Å². The third-order valence-corrected chi connectivity index (χ3v) is 2.03. The van der Waals surface area contributed by atoms with Crippen molar-refractivity contribution in [2.75, 3.05) is 5.88 Å². The van der Waals surface area contributed by atoms with Crippen molar-refractivity contribution >= 4 is 11.6 Å². The molecule has 0 saturated heterocycles. The van der Waals surface area contributed by atoms with Gasteiger partial charge in [-0.05, 0) is 39.0 Å². The lowest BCUT2D eigenvalue weighted by molar-refractivity contribution is 0.524. The van der Waals surface area contributed by atoms with E-state index in [9.17, 15) is 0 Å². The molecule has 0 bridgehead atoms. The summed E-state index contributed by atoms with van der Waals surface area (Å²) in [6, 6.07) is 0. The summed E-state index contributed by atoms with van der Waals surface area (Å²) in [4.78, 5) is 0. The second-order valence-corrected chi connectivity index (χ2v) is 3.82. The van der Waals surface area contributed by atoms with E-state index in [0.29, 0.717) is 0 Å². The highest BCUT2D eigenvalue weighted by Crippen LogP contribution is 2.11. The summed E-state index contributed by atoms with van der Waals surface area (Å²) in [6.07, 6.45) is 5.93. The van der Waals surface area contributed by atoms with Gasteiger partial charge in [0, 0.05) is 5.88 Å². The van der Waals surface area contributed by atoms with Gasteiger partial charge >= 0.3 is 0 Å². The van der Waals surface area contributed by atoms with Gasteiger partial charge in [0.05, 0.1) is 0 Å². The molecule has 0 aliphatic heterocycles. The average molecular weight is 175 g/mol. The maximum Gasteiger partial charge on any atom is 0.0225 e. The molecule has 0 aromatic heterocycles. The van der Waals surface area contributed by atoms with Gasteiger partial charge in [-0.1, -0.05) is 18.6 Å². The van der Waals surface area contributed by atoms with Gasteiger partial charge in [-0.15, -0.1) is 11.6 Å². The van der Waals surface area contributed by atoms with Gasteiger partial charge in [-0.2, -0.15) is 0 Å². The fourth-order valence-corrected chi connectivity index (χ4v) is 1.36. The Kier molecular flexibility index (Phi) is 6.74. The standard InChI is InChI=1S/C10H19Cl/c1-9(2)5-4-6-10(3)7-8-11/h5,10H,4,6-8H2,1-3H3. The van der Waals surface area contributed by atoms with E-state index in [1.54, 1.807) is 0 Å². The number of hydrogen-bond acceptors (Lipinski definition) is 0. The first-order valence-electron chi connectivity index (χ1n) is 4.36. The molecule has 1 atom stereocenters. The highest BCUT2D eigenvalue weighted by molar-refractivity contribution is 6.17. The van der Waals surface area contributed by atoms with Crippen molar-refractivity contribution < 1.29 is 0 Å². The van der Waals surface area contributed by atoms with Gasteiger partial charge in [-0.25, -0.2) is 0 Å². The topological polar surface area (TPSA) is 0 Å². The van der Waals surface area contributed by atoms with Crippen LogP contribution in [0.1, 0.15) is 40.0 Å². The van der Waals surface area contributed by atoms with E-state index in [1.165, 1.54) is 18.4 Å². The molecule has 0 amide bonds. The van der Waals surface area contributed by atoms with E-state index in [2.05, 4.69) is 26.8 Å². The zero-order chi connectivity index (χ0) is 8.69. The minimum atomic E-state index is 0.781. The number of hydrogen-bond donors (Lipinski definition) is 0. The second kappa shape index (κ2) is 6.72. The van der Waals surface area contributed by atoms with Gasteiger partial charge in [-0.3, -0.25) is 0 Å². The molecule has 11 heavy (non-hydrogen) atoms. The lowest BCUT2D eigenvalue weighted by atomic mass is 10.0. The number of rotatable bonds is 5. The van der Waals surface area contributed by atoms with Crippen LogP contribution in [0.3, 0.4) is 0 Å². The highest BCUT2D eigenvalue weighted by atomic mass is 35.5. The van der Waals surface area contributed by atoms with E-state index in [1.807, 2.05) is 0 Å². The molecule has 0 N–H and O–H groups in total. The Labute approximate surface area is 75.6 Å². The normalized spacial score (nSPS) is 12.7. The molecule has 66 valence electrons. The van der Waals surface area contributed by atoms with Crippen molar-refractivity contribution in [1.29, 1.82) is 0 Å². The van der Waals surface area contributed by atoms with Crippen LogP contribution in [0.2, 0.25) is 0 Å². The van der Waals surface area contributed by atoms with Gasteiger partial charge in [0.15, 0.2) is 0 Å². The van der Waals surface area contributed by atoms with Crippen LogP contribution in [0.15, 0.2) is 11.6 Å². The Hall–Kier alpha value is 0.0300. The molecule has 1 unspecified atom stereocenters. The van der Waals surface area contributed by atoms with E-state index >= 15 is 0 Å². The van der Waals surface area contributed by atoms with Crippen LogP contribution in [0, 0.1) is 5.92 Å². The van der Waals surface area contributed by atoms with Crippen molar-refractivity contribution in [3.63, 3.8) is 0 Å². The molecule has 0 saturated carbocycles. The second-order valence-electron chi connectivity index (χ2n) is 3.44. The Morgan fingerprint density at radius 2 is 2.00 bits per heavy atom. The van der Waals surface area contributed by atoms with Crippen LogP contribution in [0.25, 0.3) is 0 Å². The Morgan fingerprint density at radius 3 is 2.45 bits per heavy atom. The zero-order valence-electron chi connectivity index (χ0n) is 7.86. The van der Waals surface area contributed by atoms with Crippen molar-refractivity contribution in [3.8, 4) is 0 Å². The minimum absolute atomic E-state index is 0.781. The van der Waals surface area contributed by atoms with E-state index < -0.39 is 0 Å². The molecule has 0 aromatic carbocycles. The third-order valence-electron chi connectivity index (χ3n) is 1.81. The van der Waals surface area contributed by atoms with Crippen LogP contribution < -0.4 is 0 Å². The van der Waals surface area contributed by atoms with Gasteiger partial charge < -0.3 is 0 Å². The van der Waals surface area contributed by atoms with Crippen LogP contribution in [0.4, 0.5) is 0 Å². The monoisotopic (exact) mass is 174 g/mol. The summed E-state index contributed by atoms with van der Waals surface area (Å²) < 4.78 is 0. The highest BCUT2D eigenvalue weighted by Gasteiger charge is 1.98. The molecule has 0 fully saturated rings. The third kappa shape index (κ3) is 7.93. The summed E-state index contributed by atoms with van der Waals surface area (Å²) in [5.41, 5.74) is 1.42. The van der Waals surface area contributed by atoms with Crippen LogP contribution in [-0.4, -0.2) is 5.88 Å². The number of allylic oxidation sites excluding steroid dienone is 2. The molecule has 0 aliphatic rings. The van der Waals surface area contributed by atoms with Gasteiger partial charge in [0.2, 0.25) is 0 Å². The molecule has 1 heteroatoms. The van der Waals surface area contributed by atoms with Gasteiger partial charge in [0.1, 0.15) is 0 Å². The lowest BCUT2D eigenvalue weighted by Crippen LogP contribution is -1.94. The van der Waals surface area contributed by atoms with Crippen molar-refractivity contribution in [2.24, 2.45) is 5.92 Å². The van der Waals surface area contributed by atoms with Crippen molar-refractivity contribution in [2.45, 2.75) is 40.0 Å². The van der Waals surface area contributed by atoms with E-state index in [-0.39, 0.29) is 0 Å². The summed E-state index contributed by atoms with van der Waals surface area (Å²) >= 11 is 5.62. The smallest absolute Gasteiger partial charge is 0.0225 e. The molecule has 0 rings (SSSR count). The average Bonchev–Trinajstić information content (AvgIpc) is 1.87. The molecular formula is C10H19Cl. The Balaban J connectivity index is 3.31. The fraction of sp³-hybridized carbons (Fsp3) is 0.800. The fourth-order valence-electron chi connectivity index (χ4n) is 0.987. The predicted octanol–water partition coefficient (Wildman–Crippen LogP) is 4.00. The molecule has 0 heterocycles. The lowest BCUT2D eigenvalue weighted by Gasteiger charge is -2.06. The van der Waals surface area contributed by atoms with Crippen LogP contribution >= 0.6 is 11.6 Å². The summed E-state index contributed by atoms with van der Waals surface area (Å²) in [5.74, 6) is 1.58. The summed E-state index contributed by atoms with van der Waals surface area (Å²) in [7, 11) is 0.